The number of hydrogen-bond donors (Lipinski definition) is 1. The fraction of sp³-hybridized carbons (Fsp3) is 0.143. The summed E-state index contributed by atoms with van der Waals surface area (Å²) >= 11 is 0. The molecule has 0 aliphatic carbocycles. The topological polar surface area (TPSA) is 90.3 Å². The number of esters is 1. The summed E-state index contributed by atoms with van der Waals surface area (Å²) in [4.78, 5) is 38.5. The fourth-order valence-corrected chi connectivity index (χ4v) is 1.73. The number of rotatable bonds is 4. The lowest BCUT2D eigenvalue weighted by atomic mass is 10.2. The van der Waals surface area contributed by atoms with E-state index in [1.54, 1.807) is 24.3 Å². The van der Waals surface area contributed by atoms with E-state index >= 15 is 0 Å². The second kappa shape index (κ2) is 6.47. The number of nitrogens with zero attached hydrogens (tertiary/aromatic N) is 2. The van der Waals surface area contributed by atoms with Crippen molar-refractivity contribution >= 4 is 17.6 Å². The number of para-hydroxylation sites is 1. The molecule has 1 N–H and O–H groups in total. The molecule has 7 nitrogen and oxygen atoms in total. The van der Waals surface area contributed by atoms with E-state index in [2.05, 4.69) is 15.0 Å². The Morgan fingerprint density at radius 3 is 2.76 bits per heavy atom. The molecule has 1 aromatic heterocycles. The minimum absolute atomic E-state index is 0.192. The second-order valence-electron chi connectivity index (χ2n) is 4.12. The lowest BCUT2D eigenvalue weighted by Gasteiger charge is -2.10. The summed E-state index contributed by atoms with van der Waals surface area (Å²) in [6.45, 7) is -0.192. The predicted octanol–water partition coefficient (Wildman–Crippen LogP) is 0.669. The van der Waals surface area contributed by atoms with Crippen molar-refractivity contribution in [2.45, 2.75) is 6.54 Å². The molecular formula is C14H13N3O4. The van der Waals surface area contributed by atoms with Crippen LogP contribution in [0.1, 0.15) is 10.4 Å². The van der Waals surface area contributed by atoms with Gasteiger partial charge in [-0.05, 0) is 18.2 Å². The quantitative estimate of drug-likeness (QED) is 0.835. The molecule has 0 aliphatic heterocycles. The molecule has 0 saturated carbocycles. The normalized spacial score (nSPS) is 9.95. The molecule has 0 atom stereocenters. The minimum atomic E-state index is -0.551. The van der Waals surface area contributed by atoms with Crippen molar-refractivity contribution in [3.8, 4) is 0 Å². The molecule has 21 heavy (non-hydrogen) atoms. The van der Waals surface area contributed by atoms with Gasteiger partial charge in [0.2, 0.25) is 5.91 Å². The van der Waals surface area contributed by atoms with Crippen LogP contribution in [0.4, 0.5) is 5.69 Å². The summed E-state index contributed by atoms with van der Waals surface area (Å²) < 4.78 is 5.80. The van der Waals surface area contributed by atoms with Gasteiger partial charge in [0.15, 0.2) is 0 Å². The van der Waals surface area contributed by atoms with Crippen LogP contribution in [0.3, 0.4) is 0 Å². The van der Waals surface area contributed by atoms with Crippen LogP contribution in [0.15, 0.2) is 47.5 Å². The summed E-state index contributed by atoms with van der Waals surface area (Å²) in [6, 6.07) is 8.01. The predicted molar refractivity (Wildman–Crippen MR) is 74.9 cm³/mol. The molecule has 2 rings (SSSR count). The Labute approximate surface area is 120 Å². The van der Waals surface area contributed by atoms with Gasteiger partial charge in [0.25, 0.3) is 0 Å². The van der Waals surface area contributed by atoms with E-state index in [0.29, 0.717) is 5.69 Å². The third-order valence-electron chi connectivity index (χ3n) is 2.70. The van der Waals surface area contributed by atoms with Gasteiger partial charge in [-0.25, -0.2) is 14.6 Å². The molecule has 1 heterocycles. The Balaban J connectivity index is 2.15. The lowest BCUT2D eigenvalue weighted by Crippen LogP contribution is -2.28. The summed E-state index contributed by atoms with van der Waals surface area (Å²) in [7, 11) is 1.26. The van der Waals surface area contributed by atoms with Gasteiger partial charge >= 0.3 is 11.7 Å². The van der Waals surface area contributed by atoms with E-state index in [0.717, 1.165) is 4.57 Å². The van der Waals surface area contributed by atoms with Crippen LogP contribution in [0, 0.1) is 0 Å². The van der Waals surface area contributed by atoms with Crippen molar-refractivity contribution in [1.29, 1.82) is 0 Å². The Morgan fingerprint density at radius 1 is 1.29 bits per heavy atom. The van der Waals surface area contributed by atoms with Crippen molar-refractivity contribution in [2.24, 2.45) is 0 Å². The number of carbonyl (C=O) groups excluding carboxylic acids is 2. The average molecular weight is 287 g/mol. The van der Waals surface area contributed by atoms with Crippen molar-refractivity contribution < 1.29 is 14.3 Å². The third kappa shape index (κ3) is 3.53. The highest BCUT2D eigenvalue weighted by atomic mass is 16.5. The number of anilines is 1. The molecule has 0 unspecified atom stereocenters. The molecule has 0 spiro atoms. The summed E-state index contributed by atoms with van der Waals surface area (Å²) in [5.41, 5.74) is 0.0482. The van der Waals surface area contributed by atoms with Gasteiger partial charge in [-0.15, -0.1) is 0 Å². The number of amides is 1. The molecule has 0 saturated heterocycles. The van der Waals surface area contributed by atoms with E-state index in [1.165, 1.54) is 25.6 Å². The van der Waals surface area contributed by atoms with Crippen molar-refractivity contribution in [1.82, 2.24) is 9.55 Å². The van der Waals surface area contributed by atoms with Crippen LogP contribution < -0.4 is 11.0 Å². The first-order chi connectivity index (χ1) is 10.1. The van der Waals surface area contributed by atoms with E-state index in [1.807, 2.05) is 0 Å². The number of ether oxygens (including phenoxy) is 1. The molecule has 1 amide bonds. The molecular weight excluding hydrogens is 274 g/mol. The highest BCUT2D eigenvalue weighted by Crippen LogP contribution is 2.15. The zero-order chi connectivity index (χ0) is 15.2. The zero-order valence-corrected chi connectivity index (χ0v) is 11.3. The molecule has 7 heteroatoms. The van der Waals surface area contributed by atoms with Gasteiger partial charge < -0.3 is 10.1 Å². The molecule has 0 radical (unpaired) electrons. The van der Waals surface area contributed by atoms with Crippen molar-refractivity contribution in [3.63, 3.8) is 0 Å². The summed E-state index contributed by atoms with van der Waals surface area (Å²) in [6.07, 6.45) is 2.81. The van der Waals surface area contributed by atoms with E-state index in [4.69, 9.17) is 0 Å². The largest absolute Gasteiger partial charge is 0.465 e. The molecule has 2 aromatic rings. The number of carbonyl (C=O) groups is 2. The SMILES string of the molecule is COC(=O)c1ccccc1NC(=O)Cn1cccnc1=O. The molecule has 1 aromatic carbocycles. The van der Waals surface area contributed by atoms with E-state index < -0.39 is 17.6 Å². The molecule has 0 bridgehead atoms. The number of methoxy groups -OCH3 is 1. The summed E-state index contributed by atoms with van der Waals surface area (Å²) in [5, 5.41) is 2.57. The highest BCUT2D eigenvalue weighted by molar-refractivity contribution is 6.01. The Kier molecular flexibility index (Phi) is 4.45. The standard InChI is InChI=1S/C14H13N3O4/c1-21-13(19)10-5-2-3-6-11(10)16-12(18)9-17-8-4-7-15-14(17)20/h2-8H,9H2,1H3,(H,16,18). The first-order valence-electron chi connectivity index (χ1n) is 6.10. The lowest BCUT2D eigenvalue weighted by molar-refractivity contribution is -0.116. The summed E-state index contributed by atoms with van der Waals surface area (Å²) in [5.74, 6) is -0.995. The van der Waals surface area contributed by atoms with Crippen LogP contribution >= 0.6 is 0 Å². The molecule has 0 aliphatic rings. The number of aromatic nitrogens is 2. The van der Waals surface area contributed by atoms with Gasteiger partial charge in [0, 0.05) is 12.4 Å². The van der Waals surface area contributed by atoms with Crippen LogP contribution in [0.5, 0.6) is 0 Å². The Bertz CT molecular complexity index is 724. The maximum Gasteiger partial charge on any atom is 0.347 e. The van der Waals surface area contributed by atoms with Gasteiger partial charge in [0.05, 0.1) is 18.4 Å². The first kappa shape index (κ1) is 14.4. The minimum Gasteiger partial charge on any atom is -0.465 e. The van der Waals surface area contributed by atoms with Crippen LogP contribution in [-0.4, -0.2) is 28.5 Å². The second-order valence-corrected chi connectivity index (χ2v) is 4.12. The van der Waals surface area contributed by atoms with Crippen LogP contribution in [0.2, 0.25) is 0 Å². The van der Waals surface area contributed by atoms with Crippen molar-refractivity contribution in [3.05, 3.63) is 58.8 Å². The van der Waals surface area contributed by atoms with Gasteiger partial charge in [-0.1, -0.05) is 12.1 Å². The monoisotopic (exact) mass is 287 g/mol. The fourth-order valence-electron chi connectivity index (χ4n) is 1.73. The van der Waals surface area contributed by atoms with Crippen molar-refractivity contribution in [2.75, 3.05) is 12.4 Å². The van der Waals surface area contributed by atoms with Gasteiger partial charge in [0.1, 0.15) is 6.54 Å². The van der Waals surface area contributed by atoms with Gasteiger partial charge in [-0.2, -0.15) is 0 Å². The van der Waals surface area contributed by atoms with E-state index in [9.17, 15) is 14.4 Å². The number of hydrogen-bond acceptors (Lipinski definition) is 5. The Morgan fingerprint density at radius 2 is 2.05 bits per heavy atom. The van der Waals surface area contributed by atoms with Crippen LogP contribution in [0.25, 0.3) is 0 Å². The first-order valence-corrected chi connectivity index (χ1v) is 6.10. The van der Waals surface area contributed by atoms with Gasteiger partial charge in [-0.3, -0.25) is 9.36 Å². The van der Waals surface area contributed by atoms with E-state index in [-0.39, 0.29) is 12.1 Å². The third-order valence-corrected chi connectivity index (χ3v) is 2.70. The maximum absolute atomic E-state index is 11.9. The number of nitrogens with one attached hydrogen (secondary N) is 1. The average Bonchev–Trinajstić information content (AvgIpc) is 2.49. The molecule has 0 fully saturated rings. The highest BCUT2D eigenvalue weighted by Gasteiger charge is 2.13. The Hall–Kier alpha value is -2.96. The number of benzene rings is 1. The van der Waals surface area contributed by atoms with Crippen LogP contribution in [-0.2, 0) is 16.1 Å². The smallest absolute Gasteiger partial charge is 0.347 e. The maximum atomic E-state index is 11.9. The zero-order valence-electron chi connectivity index (χ0n) is 11.3. The molecule has 108 valence electrons.